The first-order valence-corrected chi connectivity index (χ1v) is 7.10. The lowest BCUT2D eigenvalue weighted by Gasteiger charge is -2.41. The monoisotopic (exact) mass is 258 g/mol. The number of ether oxygens (including phenoxy) is 2. The fourth-order valence-electron chi connectivity index (χ4n) is 4.30. The van der Waals surface area contributed by atoms with E-state index >= 15 is 0 Å². The number of methoxy groups -OCH3 is 1. The highest BCUT2D eigenvalue weighted by Gasteiger charge is 2.55. The molecule has 1 aromatic rings. The minimum absolute atomic E-state index is 0.209. The molecule has 4 rings (SSSR count). The van der Waals surface area contributed by atoms with Gasteiger partial charge in [-0.05, 0) is 49.7 Å². The summed E-state index contributed by atoms with van der Waals surface area (Å²) in [6, 6.07) is 5.52. The van der Waals surface area contributed by atoms with Crippen molar-refractivity contribution in [2.45, 2.75) is 37.7 Å². The first kappa shape index (κ1) is 11.3. The Hall–Kier alpha value is -1.51. The highest BCUT2D eigenvalue weighted by molar-refractivity contribution is 6.00. The molecular formula is C16H18O3. The molecule has 1 spiro atoms. The number of carbonyl (C=O) groups excluding carboxylic acids is 1. The normalized spacial score (nSPS) is 35.3. The van der Waals surface area contributed by atoms with Crippen molar-refractivity contribution in [2.75, 3.05) is 7.11 Å². The van der Waals surface area contributed by atoms with Crippen molar-refractivity contribution in [3.8, 4) is 11.5 Å². The van der Waals surface area contributed by atoms with Gasteiger partial charge < -0.3 is 9.47 Å². The number of hydrogen-bond donors (Lipinski definition) is 0. The first-order chi connectivity index (χ1) is 9.20. The Morgan fingerprint density at radius 3 is 2.95 bits per heavy atom. The summed E-state index contributed by atoms with van der Waals surface area (Å²) in [5, 5.41) is 0. The van der Waals surface area contributed by atoms with Crippen LogP contribution in [0.25, 0.3) is 0 Å². The van der Waals surface area contributed by atoms with Crippen molar-refractivity contribution in [2.24, 2.45) is 11.8 Å². The number of rotatable bonds is 1. The Morgan fingerprint density at radius 2 is 2.26 bits per heavy atom. The largest absolute Gasteiger partial charge is 0.497 e. The molecule has 2 aliphatic carbocycles. The SMILES string of the molecule is COc1ccc2c(c1)OC1(CC2=O)CC2CCC1C2. The third-order valence-electron chi connectivity index (χ3n) is 5.18. The summed E-state index contributed by atoms with van der Waals surface area (Å²) in [6.45, 7) is 0. The molecule has 1 heterocycles. The van der Waals surface area contributed by atoms with Gasteiger partial charge in [-0.2, -0.15) is 0 Å². The predicted octanol–water partition coefficient (Wildman–Crippen LogP) is 3.22. The summed E-state index contributed by atoms with van der Waals surface area (Å²) in [6.07, 6.45) is 5.40. The summed E-state index contributed by atoms with van der Waals surface area (Å²) in [5.74, 6) is 3.05. The summed E-state index contributed by atoms with van der Waals surface area (Å²) >= 11 is 0. The van der Waals surface area contributed by atoms with E-state index in [0.29, 0.717) is 17.9 Å². The van der Waals surface area contributed by atoms with Crippen LogP contribution in [0.3, 0.4) is 0 Å². The Labute approximate surface area is 112 Å². The van der Waals surface area contributed by atoms with Gasteiger partial charge in [0, 0.05) is 6.07 Å². The second-order valence-electron chi connectivity index (χ2n) is 6.21. The molecule has 2 saturated carbocycles. The van der Waals surface area contributed by atoms with Crippen molar-refractivity contribution in [1.82, 2.24) is 0 Å². The molecule has 0 saturated heterocycles. The Morgan fingerprint density at radius 1 is 1.37 bits per heavy atom. The molecule has 19 heavy (non-hydrogen) atoms. The third-order valence-corrected chi connectivity index (χ3v) is 5.18. The van der Waals surface area contributed by atoms with Crippen LogP contribution in [0, 0.1) is 11.8 Å². The van der Waals surface area contributed by atoms with Crippen LogP contribution in [0.2, 0.25) is 0 Å². The smallest absolute Gasteiger partial charge is 0.170 e. The minimum Gasteiger partial charge on any atom is -0.497 e. The van der Waals surface area contributed by atoms with Crippen LogP contribution in [-0.4, -0.2) is 18.5 Å². The number of carbonyl (C=O) groups is 1. The zero-order chi connectivity index (χ0) is 13.0. The molecule has 0 N–H and O–H groups in total. The number of hydrogen-bond acceptors (Lipinski definition) is 3. The van der Waals surface area contributed by atoms with Crippen molar-refractivity contribution < 1.29 is 14.3 Å². The van der Waals surface area contributed by atoms with Gasteiger partial charge in [0.15, 0.2) is 5.78 Å². The molecule has 1 aromatic carbocycles. The van der Waals surface area contributed by atoms with E-state index in [0.717, 1.165) is 23.8 Å². The Balaban J connectivity index is 1.75. The van der Waals surface area contributed by atoms with Gasteiger partial charge in [-0.25, -0.2) is 0 Å². The predicted molar refractivity (Wildman–Crippen MR) is 70.7 cm³/mol. The third kappa shape index (κ3) is 1.54. The number of ketones is 1. The van der Waals surface area contributed by atoms with Crippen LogP contribution >= 0.6 is 0 Å². The molecule has 3 aliphatic rings. The molecule has 2 bridgehead atoms. The second kappa shape index (κ2) is 3.75. The van der Waals surface area contributed by atoms with E-state index in [9.17, 15) is 4.79 Å². The van der Waals surface area contributed by atoms with Gasteiger partial charge in [-0.15, -0.1) is 0 Å². The van der Waals surface area contributed by atoms with Crippen LogP contribution in [0.4, 0.5) is 0 Å². The fraction of sp³-hybridized carbons (Fsp3) is 0.562. The lowest BCUT2D eigenvalue weighted by Crippen LogP contribution is -2.46. The zero-order valence-electron chi connectivity index (χ0n) is 11.1. The van der Waals surface area contributed by atoms with Crippen LogP contribution in [-0.2, 0) is 0 Å². The zero-order valence-corrected chi connectivity index (χ0v) is 11.1. The van der Waals surface area contributed by atoms with Crippen molar-refractivity contribution >= 4 is 5.78 Å². The number of fused-ring (bicyclic) bond motifs is 4. The molecule has 0 radical (unpaired) electrons. The van der Waals surface area contributed by atoms with Gasteiger partial charge >= 0.3 is 0 Å². The van der Waals surface area contributed by atoms with Crippen LogP contribution in [0.5, 0.6) is 11.5 Å². The average molecular weight is 258 g/mol. The molecule has 2 fully saturated rings. The quantitative estimate of drug-likeness (QED) is 0.776. The molecule has 3 atom stereocenters. The topological polar surface area (TPSA) is 35.5 Å². The Kier molecular flexibility index (Phi) is 2.23. The lowest BCUT2D eigenvalue weighted by molar-refractivity contribution is -0.000626. The van der Waals surface area contributed by atoms with Gasteiger partial charge in [-0.3, -0.25) is 4.79 Å². The van der Waals surface area contributed by atoms with Gasteiger partial charge in [0.1, 0.15) is 17.1 Å². The highest BCUT2D eigenvalue weighted by atomic mass is 16.5. The van der Waals surface area contributed by atoms with Gasteiger partial charge in [0.25, 0.3) is 0 Å². The van der Waals surface area contributed by atoms with Gasteiger partial charge in [0.2, 0.25) is 0 Å². The van der Waals surface area contributed by atoms with E-state index in [1.807, 2.05) is 18.2 Å². The van der Waals surface area contributed by atoms with E-state index < -0.39 is 0 Å². The summed E-state index contributed by atoms with van der Waals surface area (Å²) in [4.78, 5) is 12.4. The van der Waals surface area contributed by atoms with E-state index in [1.165, 1.54) is 19.3 Å². The summed E-state index contributed by atoms with van der Waals surface area (Å²) in [5.41, 5.74) is 0.508. The molecule has 3 unspecified atom stereocenters. The summed E-state index contributed by atoms with van der Waals surface area (Å²) in [7, 11) is 1.64. The maximum atomic E-state index is 12.4. The van der Waals surface area contributed by atoms with E-state index in [1.54, 1.807) is 7.11 Å². The van der Waals surface area contributed by atoms with Crippen LogP contribution in [0.1, 0.15) is 42.5 Å². The van der Waals surface area contributed by atoms with Crippen LogP contribution in [0.15, 0.2) is 18.2 Å². The van der Waals surface area contributed by atoms with Gasteiger partial charge in [0.05, 0.1) is 19.1 Å². The molecular weight excluding hydrogens is 240 g/mol. The molecule has 0 aromatic heterocycles. The summed E-state index contributed by atoms with van der Waals surface area (Å²) < 4.78 is 11.6. The van der Waals surface area contributed by atoms with Crippen molar-refractivity contribution in [3.63, 3.8) is 0 Å². The van der Waals surface area contributed by atoms with E-state index in [4.69, 9.17) is 9.47 Å². The average Bonchev–Trinajstić information content (AvgIpc) is 2.98. The van der Waals surface area contributed by atoms with Crippen molar-refractivity contribution in [1.29, 1.82) is 0 Å². The number of Topliss-reactive ketones (excluding diaryl/α,β-unsaturated/α-hetero) is 1. The fourth-order valence-corrected chi connectivity index (χ4v) is 4.30. The molecule has 100 valence electrons. The minimum atomic E-state index is -0.209. The highest BCUT2D eigenvalue weighted by Crippen LogP contribution is 2.56. The molecule has 0 amide bonds. The second-order valence-corrected chi connectivity index (χ2v) is 6.21. The van der Waals surface area contributed by atoms with Crippen LogP contribution < -0.4 is 9.47 Å². The lowest BCUT2D eigenvalue weighted by atomic mass is 9.77. The van der Waals surface area contributed by atoms with Gasteiger partial charge in [-0.1, -0.05) is 0 Å². The van der Waals surface area contributed by atoms with E-state index in [-0.39, 0.29) is 11.4 Å². The number of benzene rings is 1. The first-order valence-electron chi connectivity index (χ1n) is 7.10. The Bertz CT molecular complexity index is 551. The molecule has 3 nitrogen and oxygen atoms in total. The maximum Gasteiger partial charge on any atom is 0.170 e. The van der Waals surface area contributed by atoms with E-state index in [2.05, 4.69) is 0 Å². The molecule has 3 heteroatoms. The standard InChI is InChI=1S/C16H18O3/c1-18-12-4-5-13-14(17)9-16(19-15(13)7-12)8-10-2-3-11(16)6-10/h4-5,7,10-11H,2-3,6,8-9H2,1H3. The maximum absolute atomic E-state index is 12.4. The molecule has 1 aliphatic heterocycles. The van der Waals surface area contributed by atoms with Crippen molar-refractivity contribution in [3.05, 3.63) is 23.8 Å².